The van der Waals surface area contributed by atoms with Gasteiger partial charge in [0, 0.05) is 19.9 Å². The molecule has 0 unspecified atom stereocenters. The van der Waals surface area contributed by atoms with Crippen LogP contribution in [0.1, 0.15) is 19.4 Å². The molecule has 0 aromatic heterocycles. The highest BCUT2D eigenvalue weighted by Crippen LogP contribution is 2.37. The van der Waals surface area contributed by atoms with Gasteiger partial charge in [-0.2, -0.15) is 0 Å². The summed E-state index contributed by atoms with van der Waals surface area (Å²) in [4.78, 5) is 35.4. The fourth-order valence-corrected chi connectivity index (χ4v) is 3.11. The fraction of sp³-hybridized carbons (Fsp3) is 0.476. The first-order valence-corrected chi connectivity index (χ1v) is 9.73. The van der Waals surface area contributed by atoms with Crippen LogP contribution < -0.4 is 9.47 Å². The maximum atomic E-state index is 12.4. The zero-order chi connectivity index (χ0) is 24.7. The Morgan fingerprint density at radius 1 is 1.00 bits per heavy atom. The number of carbonyl (C=O) groups excluding carboxylic acids is 3. The lowest BCUT2D eigenvalue weighted by Crippen LogP contribution is -2.61. The van der Waals surface area contributed by atoms with Crippen molar-refractivity contribution >= 4 is 24.0 Å². The Hall–Kier alpha value is -3.35. The Balaban J connectivity index is 2.25. The standard InChI is InChI=1S/C21H26O12/c1-10(23)30-19-18(27)15(9-22)32-21(20(19)31-11(2)24)33-16(25)6-5-12-7-13(28-3)17(26)14(8-12)29-4/h5-8,15,18-22,26-27H,9H2,1-4H3/b6-5+/t15-,18-,19+,20-,21+/m1/s1. The van der Waals surface area contributed by atoms with Crippen LogP contribution in [-0.2, 0) is 33.3 Å². The molecule has 0 bridgehead atoms. The molecular weight excluding hydrogens is 444 g/mol. The summed E-state index contributed by atoms with van der Waals surface area (Å²) in [5.74, 6) is -2.55. The fourth-order valence-electron chi connectivity index (χ4n) is 3.11. The predicted molar refractivity (Wildman–Crippen MR) is 109 cm³/mol. The van der Waals surface area contributed by atoms with Crippen molar-refractivity contribution in [3.05, 3.63) is 23.8 Å². The summed E-state index contributed by atoms with van der Waals surface area (Å²) in [6.07, 6.45) is -5.03. The van der Waals surface area contributed by atoms with E-state index < -0.39 is 55.2 Å². The maximum Gasteiger partial charge on any atom is 0.333 e. The molecule has 182 valence electrons. The van der Waals surface area contributed by atoms with Crippen molar-refractivity contribution in [1.82, 2.24) is 0 Å². The molecule has 0 saturated carbocycles. The number of benzene rings is 1. The highest BCUT2D eigenvalue weighted by Gasteiger charge is 2.50. The van der Waals surface area contributed by atoms with Crippen LogP contribution in [-0.4, -0.2) is 84.8 Å². The van der Waals surface area contributed by atoms with Gasteiger partial charge in [-0.05, 0) is 23.8 Å². The molecule has 1 heterocycles. The van der Waals surface area contributed by atoms with Gasteiger partial charge in [0.25, 0.3) is 0 Å². The van der Waals surface area contributed by atoms with Gasteiger partial charge in [0.2, 0.25) is 18.1 Å². The third-order valence-corrected chi connectivity index (χ3v) is 4.55. The van der Waals surface area contributed by atoms with Crippen molar-refractivity contribution in [3.63, 3.8) is 0 Å². The van der Waals surface area contributed by atoms with Crippen molar-refractivity contribution in [2.45, 2.75) is 44.6 Å². The molecule has 1 saturated heterocycles. The van der Waals surface area contributed by atoms with Crippen LogP contribution in [0.15, 0.2) is 18.2 Å². The molecule has 12 nitrogen and oxygen atoms in total. The van der Waals surface area contributed by atoms with Gasteiger partial charge < -0.3 is 43.7 Å². The second kappa shape index (κ2) is 11.5. The van der Waals surface area contributed by atoms with Gasteiger partial charge >= 0.3 is 17.9 Å². The normalized spacial score (nSPS) is 24.7. The Labute approximate surface area is 189 Å². The number of phenolic OH excluding ortho intramolecular Hbond substituents is 1. The van der Waals surface area contributed by atoms with Gasteiger partial charge in [-0.25, -0.2) is 4.79 Å². The van der Waals surface area contributed by atoms with Gasteiger partial charge in [-0.1, -0.05) is 0 Å². The van der Waals surface area contributed by atoms with Gasteiger partial charge in [-0.3, -0.25) is 9.59 Å². The van der Waals surface area contributed by atoms with Crippen LogP contribution in [0.2, 0.25) is 0 Å². The van der Waals surface area contributed by atoms with E-state index in [0.717, 1.165) is 19.9 Å². The number of phenols is 1. The van der Waals surface area contributed by atoms with E-state index in [1.54, 1.807) is 0 Å². The Morgan fingerprint density at radius 3 is 2.03 bits per heavy atom. The summed E-state index contributed by atoms with van der Waals surface area (Å²) in [6.45, 7) is 1.45. The molecule has 1 fully saturated rings. The number of aromatic hydroxyl groups is 1. The van der Waals surface area contributed by atoms with Gasteiger partial charge in [-0.15, -0.1) is 0 Å². The van der Waals surface area contributed by atoms with Crippen LogP contribution in [0.25, 0.3) is 6.08 Å². The molecule has 1 aliphatic heterocycles. The first-order valence-electron chi connectivity index (χ1n) is 9.73. The summed E-state index contributed by atoms with van der Waals surface area (Å²) >= 11 is 0. The molecule has 5 atom stereocenters. The van der Waals surface area contributed by atoms with Crippen molar-refractivity contribution in [1.29, 1.82) is 0 Å². The molecule has 0 aliphatic carbocycles. The topological polar surface area (TPSA) is 167 Å². The van der Waals surface area contributed by atoms with E-state index in [0.29, 0.717) is 5.56 Å². The lowest BCUT2D eigenvalue weighted by atomic mass is 9.98. The minimum absolute atomic E-state index is 0.108. The molecular formula is C21H26O12. The monoisotopic (exact) mass is 470 g/mol. The number of hydrogen-bond acceptors (Lipinski definition) is 12. The van der Waals surface area contributed by atoms with Crippen LogP contribution >= 0.6 is 0 Å². The average molecular weight is 470 g/mol. The molecule has 0 spiro atoms. The highest BCUT2D eigenvalue weighted by atomic mass is 16.7. The molecule has 1 aliphatic rings. The van der Waals surface area contributed by atoms with Crippen LogP contribution in [0.3, 0.4) is 0 Å². The number of ether oxygens (including phenoxy) is 6. The number of aliphatic hydroxyl groups is 2. The first kappa shape index (κ1) is 25.9. The number of carbonyl (C=O) groups is 3. The number of aliphatic hydroxyl groups excluding tert-OH is 2. The van der Waals surface area contributed by atoms with E-state index >= 15 is 0 Å². The minimum atomic E-state index is -1.60. The lowest BCUT2D eigenvalue weighted by Gasteiger charge is -2.42. The average Bonchev–Trinajstić information content (AvgIpc) is 2.76. The third-order valence-electron chi connectivity index (χ3n) is 4.55. The van der Waals surface area contributed by atoms with E-state index in [1.807, 2.05) is 0 Å². The van der Waals surface area contributed by atoms with Crippen molar-refractivity contribution in [2.75, 3.05) is 20.8 Å². The number of rotatable bonds is 8. The second-order valence-corrected chi connectivity index (χ2v) is 6.91. The summed E-state index contributed by atoms with van der Waals surface area (Å²) < 4.78 is 30.8. The summed E-state index contributed by atoms with van der Waals surface area (Å²) in [7, 11) is 2.69. The highest BCUT2D eigenvalue weighted by molar-refractivity contribution is 5.87. The van der Waals surface area contributed by atoms with E-state index in [9.17, 15) is 29.7 Å². The number of esters is 3. The predicted octanol–water partition coefficient (Wildman–Crippen LogP) is -0.0927. The van der Waals surface area contributed by atoms with E-state index in [2.05, 4.69) is 0 Å². The summed E-state index contributed by atoms with van der Waals surface area (Å²) in [6, 6.07) is 2.88. The van der Waals surface area contributed by atoms with E-state index in [4.69, 9.17) is 28.4 Å². The zero-order valence-corrected chi connectivity index (χ0v) is 18.4. The Bertz CT molecular complexity index is 870. The van der Waals surface area contributed by atoms with Crippen molar-refractivity contribution < 1.29 is 58.1 Å². The second-order valence-electron chi connectivity index (χ2n) is 6.91. The van der Waals surface area contributed by atoms with Crippen LogP contribution in [0, 0.1) is 0 Å². The molecule has 1 aromatic carbocycles. The quantitative estimate of drug-likeness (QED) is 0.263. The van der Waals surface area contributed by atoms with Crippen molar-refractivity contribution in [3.8, 4) is 17.2 Å². The molecule has 12 heteroatoms. The number of hydrogen-bond donors (Lipinski definition) is 3. The molecule has 2 rings (SSSR count). The lowest BCUT2D eigenvalue weighted by molar-refractivity contribution is -0.296. The van der Waals surface area contributed by atoms with Crippen LogP contribution in [0.5, 0.6) is 17.2 Å². The van der Waals surface area contributed by atoms with Gasteiger partial charge in [0.05, 0.1) is 20.8 Å². The van der Waals surface area contributed by atoms with E-state index in [1.165, 1.54) is 32.4 Å². The molecule has 33 heavy (non-hydrogen) atoms. The Morgan fingerprint density at radius 2 is 1.55 bits per heavy atom. The van der Waals surface area contributed by atoms with Crippen LogP contribution in [0.4, 0.5) is 0 Å². The third kappa shape index (κ3) is 6.57. The molecule has 0 amide bonds. The number of methoxy groups -OCH3 is 2. The zero-order valence-electron chi connectivity index (χ0n) is 18.4. The molecule has 3 N–H and O–H groups in total. The van der Waals surface area contributed by atoms with Gasteiger partial charge in [0.15, 0.2) is 17.6 Å². The summed E-state index contributed by atoms with van der Waals surface area (Å²) in [5.41, 5.74) is 0.418. The smallest absolute Gasteiger partial charge is 0.333 e. The molecule has 1 aromatic rings. The van der Waals surface area contributed by atoms with E-state index in [-0.39, 0.29) is 17.2 Å². The van der Waals surface area contributed by atoms with Crippen molar-refractivity contribution in [2.24, 2.45) is 0 Å². The maximum absolute atomic E-state index is 12.4. The SMILES string of the molecule is COc1cc(/C=C/C(=O)O[C@@H]2O[C@H](CO)[C@@H](O)[C@H](OC(C)=O)[C@H]2OC(C)=O)cc(OC)c1O. The van der Waals surface area contributed by atoms with Gasteiger partial charge in [0.1, 0.15) is 12.2 Å². The summed E-state index contributed by atoms with van der Waals surface area (Å²) in [5, 5.41) is 29.8. The Kier molecular flexibility index (Phi) is 9.02. The first-order chi connectivity index (χ1) is 15.6. The largest absolute Gasteiger partial charge is 0.502 e. The minimum Gasteiger partial charge on any atom is -0.502 e. The molecule has 0 radical (unpaired) electrons.